The van der Waals surface area contributed by atoms with E-state index in [2.05, 4.69) is 11.5 Å². The van der Waals surface area contributed by atoms with E-state index < -0.39 is 6.10 Å². The van der Waals surface area contributed by atoms with Gasteiger partial charge in [-0.1, -0.05) is 18.2 Å². The molecular formula is C20H27NO5. The van der Waals surface area contributed by atoms with Gasteiger partial charge in [0.05, 0.1) is 46.3 Å². The molecule has 1 aromatic carbocycles. The van der Waals surface area contributed by atoms with Crippen molar-refractivity contribution in [3.63, 3.8) is 0 Å². The molecule has 0 radical (unpaired) electrons. The van der Waals surface area contributed by atoms with Gasteiger partial charge < -0.3 is 23.7 Å². The van der Waals surface area contributed by atoms with Crippen LogP contribution >= 0.6 is 0 Å². The summed E-state index contributed by atoms with van der Waals surface area (Å²) >= 11 is 0. The van der Waals surface area contributed by atoms with Crippen molar-refractivity contribution in [2.45, 2.75) is 19.2 Å². The van der Waals surface area contributed by atoms with E-state index in [0.717, 1.165) is 11.3 Å². The number of benzene rings is 1. The summed E-state index contributed by atoms with van der Waals surface area (Å²) in [5.41, 5.74) is 0.970. The monoisotopic (exact) mass is 361 g/mol. The summed E-state index contributed by atoms with van der Waals surface area (Å²) < 4.78 is 21.7. The maximum absolute atomic E-state index is 10.3. The Morgan fingerprint density at radius 1 is 1.19 bits per heavy atom. The summed E-state index contributed by atoms with van der Waals surface area (Å²) in [5.74, 6) is 2.20. The topological polar surface area (TPSA) is 64.3 Å². The first-order valence-electron chi connectivity index (χ1n) is 8.49. The molecular weight excluding hydrogens is 334 g/mol. The normalized spacial score (nSPS) is 12.2. The van der Waals surface area contributed by atoms with Crippen molar-refractivity contribution in [2.24, 2.45) is 0 Å². The van der Waals surface area contributed by atoms with Crippen LogP contribution in [0.3, 0.4) is 0 Å². The lowest BCUT2D eigenvalue weighted by atomic mass is 10.1. The minimum absolute atomic E-state index is 0.246. The number of rotatable bonds is 12. The lowest BCUT2D eigenvalue weighted by Gasteiger charge is -2.25. The van der Waals surface area contributed by atoms with E-state index in [1.807, 2.05) is 30.3 Å². The van der Waals surface area contributed by atoms with E-state index in [4.69, 9.17) is 18.6 Å². The van der Waals surface area contributed by atoms with Crippen LogP contribution in [0.4, 0.5) is 0 Å². The van der Waals surface area contributed by atoms with Crippen LogP contribution in [0.15, 0.2) is 53.7 Å². The zero-order chi connectivity index (χ0) is 18.8. The van der Waals surface area contributed by atoms with Crippen molar-refractivity contribution in [1.29, 1.82) is 0 Å². The molecule has 1 aromatic heterocycles. The first-order valence-corrected chi connectivity index (χ1v) is 8.49. The molecule has 0 unspecified atom stereocenters. The summed E-state index contributed by atoms with van der Waals surface area (Å²) in [6.07, 6.45) is 2.68. The van der Waals surface area contributed by atoms with Crippen LogP contribution in [0, 0.1) is 0 Å². The molecule has 0 saturated heterocycles. The van der Waals surface area contributed by atoms with Gasteiger partial charge in [0.25, 0.3) is 0 Å². The SMILES string of the molecule is C=CCOC[C@H](O)CN(Cc1ccco1)Cc1cccc(OC)c1OC. The standard InChI is InChI=1S/C20H27NO5/c1-4-10-25-15-17(22)13-21(14-18-8-6-11-26-18)12-16-7-5-9-19(23-2)20(16)24-3/h4-9,11,17,22H,1,10,12-15H2,2-3H3/t17-/m1/s1. The first kappa shape index (κ1) is 20.0. The number of aliphatic hydroxyl groups excluding tert-OH is 1. The molecule has 26 heavy (non-hydrogen) atoms. The smallest absolute Gasteiger partial charge is 0.165 e. The van der Waals surface area contributed by atoms with Crippen LogP contribution in [0.1, 0.15) is 11.3 Å². The van der Waals surface area contributed by atoms with Crippen molar-refractivity contribution >= 4 is 0 Å². The maximum atomic E-state index is 10.3. The van der Waals surface area contributed by atoms with Crippen LogP contribution in [-0.4, -0.2) is 50.1 Å². The molecule has 0 aliphatic rings. The zero-order valence-electron chi connectivity index (χ0n) is 15.4. The number of para-hydroxylation sites is 1. The van der Waals surface area contributed by atoms with Gasteiger partial charge >= 0.3 is 0 Å². The second kappa shape index (κ2) is 10.7. The third kappa shape index (κ3) is 5.91. The van der Waals surface area contributed by atoms with Crippen molar-refractivity contribution < 1.29 is 23.7 Å². The summed E-state index contributed by atoms with van der Waals surface area (Å²) in [6, 6.07) is 9.53. The predicted octanol–water partition coefficient (Wildman–Crippen LogP) is 2.86. The van der Waals surface area contributed by atoms with Crippen molar-refractivity contribution in [1.82, 2.24) is 4.90 Å². The Bertz CT molecular complexity index is 656. The summed E-state index contributed by atoms with van der Waals surface area (Å²) in [4.78, 5) is 2.08. The van der Waals surface area contributed by atoms with Gasteiger partial charge in [-0.2, -0.15) is 0 Å². The van der Waals surface area contributed by atoms with E-state index in [1.165, 1.54) is 0 Å². The largest absolute Gasteiger partial charge is 0.493 e. The Hall–Kier alpha value is -2.28. The van der Waals surface area contributed by atoms with Gasteiger partial charge in [-0.3, -0.25) is 4.90 Å². The third-order valence-corrected chi connectivity index (χ3v) is 3.85. The molecule has 0 fully saturated rings. The van der Waals surface area contributed by atoms with Gasteiger partial charge in [0.15, 0.2) is 11.5 Å². The number of methoxy groups -OCH3 is 2. The molecule has 0 spiro atoms. The van der Waals surface area contributed by atoms with Crippen molar-refractivity contribution in [2.75, 3.05) is 34.0 Å². The Labute approximate surface area is 154 Å². The number of hydrogen-bond acceptors (Lipinski definition) is 6. The highest BCUT2D eigenvalue weighted by Crippen LogP contribution is 2.31. The molecule has 0 saturated carbocycles. The predicted molar refractivity (Wildman–Crippen MR) is 99.4 cm³/mol. The van der Waals surface area contributed by atoms with E-state index in [0.29, 0.717) is 37.7 Å². The van der Waals surface area contributed by atoms with Crippen molar-refractivity contribution in [3.05, 3.63) is 60.6 Å². The second-order valence-corrected chi connectivity index (χ2v) is 5.88. The van der Waals surface area contributed by atoms with Crippen LogP contribution in [0.5, 0.6) is 11.5 Å². The highest BCUT2D eigenvalue weighted by atomic mass is 16.5. The molecule has 142 valence electrons. The molecule has 0 aliphatic carbocycles. The molecule has 0 amide bonds. The zero-order valence-corrected chi connectivity index (χ0v) is 15.4. The number of nitrogens with zero attached hydrogens (tertiary/aromatic N) is 1. The molecule has 2 rings (SSSR count). The number of hydrogen-bond donors (Lipinski definition) is 1. The Morgan fingerprint density at radius 2 is 2.04 bits per heavy atom. The minimum atomic E-state index is -0.624. The molecule has 6 heteroatoms. The fourth-order valence-electron chi connectivity index (χ4n) is 2.77. The van der Waals surface area contributed by atoms with Gasteiger partial charge in [-0.05, 0) is 18.2 Å². The van der Waals surface area contributed by atoms with Crippen LogP contribution in [-0.2, 0) is 17.8 Å². The fraction of sp³-hybridized carbons (Fsp3) is 0.400. The maximum Gasteiger partial charge on any atom is 0.165 e. The Balaban J connectivity index is 2.11. The Kier molecular flexibility index (Phi) is 8.21. The van der Waals surface area contributed by atoms with E-state index in [1.54, 1.807) is 26.6 Å². The molecule has 0 aliphatic heterocycles. The molecule has 1 heterocycles. The van der Waals surface area contributed by atoms with Gasteiger partial charge in [0.2, 0.25) is 0 Å². The lowest BCUT2D eigenvalue weighted by Crippen LogP contribution is -2.34. The third-order valence-electron chi connectivity index (χ3n) is 3.85. The highest BCUT2D eigenvalue weighted by Gasteiger charge is 2.18. The van der Waals surface area contributed by atoms with Gasteiger partial charge in [0.1, 0.15) is 5.76 Å². The molecule has 1 atom stereocenters. The average Bonchev–Trinajstić information content (AvgIpc) is 3.14. The second-order valence-electron chi connectivity index (χ2n) is 5.88. The number of ether oxygens (including phenoxy) is 3. The summed E-state index contributed by atoms with van der Waals surface area (Å²) in [7, 11) is 3.24. The van der Waals surface area contributed by atoms with Gasteiger partial charge in [-0.25, -0.2) is 0 Å². The fourth-order valence-corrected chi connectivity index (χ4v) is 2.77. The summed E-state index contributed by atoms with van der Waals surface area (Å²) in [5, 5.41) is 10.3. The number of aliphatic hydroxyl groups is 1. The van der Waals surface area contributed by atoms with E-state index in [-0.39, 0.29) is 6.61 Å². The van der Waals surface area contributed by atoms with E-state index >= 15 is 0 Å². The van der Waals surface area contributed by atoms with Crippen LogP contribution < -0.4 is 9.47 Å². The molecule has 2 aromatic rings. The first-order chi connectivity index (χ1) is 12.7. The van der Waals surface area contributed by atoms with Crippen LogP contribution in [0.2, 0.25) is 0 Å². The lowest BCUT2D eigenvalue weighted by molar-refractivity contribution is 0.0214. The van der Waals surface area contributed by atoms with Crippen LogP contribution in [0.25, 0.3) is 0 Å². The van der Waals surface area contributed by atoms with Gasteiger partial charge in [0, 0.05) is 18.7 Å². The number of furan rings is 1. The quantitative estimate of drug-likeness (QED) is 0.463. The molecule has 6 nitrogen and oxygen atoms in total. The van der Waals surface area contributed by atoms with E-state index in [9.17, 15) is 5.11 Å². The minimum Gasteiger partial charge on any atom is -0.493 e. The summed E-state index contributed by atoms with van der Waals surface area (Å²) in [6.45, 7) is 5.83. The molecule has 1 N–H and O–H groups in total. The van der Waals surface area contributed by atoms with Gasteiger partial charge in [-0.15, -0.1) is 6.58 Å². The molecule has 0 bridgehead atoms. The highest BCUT2D eigenvalue weighted by molar-refractivity contribution is 5.46. The Morgan fingerprint density at radius 3 is 2.69 bits per heavy atom. The average molecular weight is 361 g/mol. The van der Waals surface area contributed by atoms with Crippen molar-refractivity contribution in [3.8, 4) is 11.5 Å².